The van der Waals surface area contributed by atoms with Gasteiger partial charge in [0, 0.05) is 0 Å². The molecule has 0 saturated heterocycles. The topological polar surface area (TPSA) is 79.9 Å². The zero-order valence-electron chi connectivity index (χ0n) is 12.9. The summed E-state index contributed by atoms with van der Waals surface area (Å²) < 4.78 is 22.0. The predicted molar refractivity (Wildman–Crippen MR) is 87.8 cm³/mol. The van der Waals surface area contributed by atoms with Gasteiger partial charge in [0.2, 0.25) is 6.79 Å². The van der Waals surface area contributed by atoms with Crippen molar-refractivity contribution < 1.29 is 23.4 Å². The number of benzene rings is 2. The number of carbonyl (C=O) groups excluding carboxylic acids is 1. The fourth-order valence-electron chi connectivity index (χ4n) is 2.61. The van der Waals surface area contributed by atoms with Gasteiger partial charge in [0.05, 0.1) is 10.5 Å². The fraction of sp³-hybridized carbons (Fsp3) is 0.176. The Hall–Kier alpha value is -2.93. The van der Waals surface area contributed by atoms with Crippen LogP contribution in [0.4, 0.5) is 0 Å². The van der Waals surface area contributed by atoms with Crippen LogP contribution in [0.1, 0.15) is 5.56 Å². The first-order valence-electron chi connectivity index (χ1n) is 7.44. The quantitative estimate of drug-likeness (QED) is 0.665. The Kier molecular flexibility index (Phi) is 3.85. The van der Waals surface area contributed by atoms with Crippen LogP contribution in [0, 0.1) is 0 Å². The Labute approximate surface area is 146 Å². The average molecular weight is 362 g/mol. The van der Waals surface area contributed by atoms with E-state index in [-0.39, 0.29) is 19.9 Å². The van der Waals surface area contributed by atoms with E-state index in [0.717, 1.165) is 0 Å². The molecule has 1 aliphatic heterocycles. The van der Waals surface area contributed by atoms with Gasteiger partial charge in [-0.2, -0.15) is 0 Å². The SMILES string of the molecule is O=C(Cn1c(=O)oc2ccccc21)OCc1cc(Cl)c2c(c1)OCO2. The lowest BCUT2D eigenvalue weighted by atomic mass is 10.2. The number of hydrogen-bond acceptors (Lipinski definition) is 6. The summed E-state index contributed by atoms with van der Waals surface area (Å²) in [5.74, 6) is -0.185. The third kappa shape index (κ3) is 2.94. The fourth-order valence-corrected chi connectivity index (χ4v) is 2.89. The molecule has 4 rings (SSSR count). The van der Waals surface area contributed by atoms with Crippen molar-refractivity contribution in [3.05, 3.63) is 57.5 Å². The molecular formula is C17H12ClNO6. The maximum Gasteiger partial charge on any atom is 0.420 e. The number of carbonyl (C=O) groups is 1. The second kappa shape index (κ2) is 6.18. The van der Waals surface area contributed by atoms with Crippen molar-refractivity contribution in [1.29, 1.82) is 0 Å². The Morgan fingerprint density at radius 3 is 2.96 bits per heavy atom. The van der Waals surface area contributed by atoms with Gasteiger partial charge in [-0.25, -0.2) is 4.79 Å². The molecule has 128 valence electrons. The van der Waals surface area contributed by atoms with Crippen LogP contribution < -0.4 is 15.2 Å². The standard InChI is InChI=1S/C17H12ClNO6/c18-11-5-10(6-14-16(11)24-9-23-14)8-22-15(20)7-19-12-3-1-2-4-13(12)25-17(19)21/h1-6H,7-9H2. The highest BCUT2D eigenvalue weighted by molar-refractivity contribution is 6.32. The lowest BCUT2D eigenvalue weighted by Gasteiger charge is -2.07. The van der Waals surface area contributed by atoms with Gasteiger partial charge >= 0.3 is 11.7 Å². The predicted octanol–water partition coefficient (Wildman–Crippen LogP) is 2.72. The summed E-state index contributed by atoms with van der Waals surface area (Å²) in [7, 11) is 0. The summed E-state index contributed by atoms with van der Waals surface area (Å²) in [4.78, 5) is 23.9. The molecule has 0 N–H and O–H groups in total. The lowest BCUT2D eigenvalue weighted by Crippen LogP contribution is -2.21. The summed E-state index contributed by atoms with van der Waals surface area (Å²) in [5.41, 5.74) is 1.62. The molecule has 0 atom stereocenters. The summed E-state index contributed by atoms with van der Waals surface area (Å²) >= 11 is 6.09. The van der Waals surface area contributed by atoms with Crippen molar-refractivity contribution in [2.45, 2.75) is 13.2 Å². The van der Waals surface area contributed by atoms with Gasteiger partial charge in [-0.3, -0.25) is 9.36 Å². The van der Waals surface area contributed by atoms with E-state index in [1.807, 2.05) is 0 Å². The van der Waals surface area contributed by atoms with E-state index in [9.17, 15) is 9.59 Å². The minimum absolute atomic E-state index is 0.000270. The molecule has 7 nitrogen and oxygen atoms in total. The van der Waals surface area contributed by atoms with Crippen molar-refractivity contribution in [1.82, 2.24) is 4.57 Å². The number of hydrogen-bond donors (Lipinski definition) is 0. The Morgan fingerprint density at radius 1 is 1.24 bits per heavy atom. The van der Waals surface area contributed by atoms with Gasteiger partial charge < -0.3 is 18.6 Å². The highest BCUT2D eigenvalue weighted by Crippen LogP contribution is 2.39. The van der Waals surface area contributed by atoms with Crippen LogP contribution in [0.25, 0.3) is 11.1 Å². The zero-order chi connectivity index (χ0) is 17.4. The van der Waals surface area contributed by atoms with Crippen molar-refractivity contribution >= 4 is 28.7 Å². The largest absolute Gasteiger partial charge is 0.459 e. The van der Waals surface area contributed by atoms with E-state index in [0.29, 0.717) is 33.2 Å². The first-order chi connectivity index (χ1) is 12.1. The van der Waals surface area contributed by atoms with E-state index >= 15 is 0 Å². The number of rotatable bonds is 4. The first kappa shape index (κ1) is 15.6. The summed E-state index contributed by atoms with van der Waals surface area (Å²) in [5, 5.41) is 0.387. The number of fused-ring (bicyclic) bond motifs is 2. The second-order valence-electron chi connectivity index (χ2n) is 5.39. The Balaban J connectivity index is 1.47. The lowest BCUT2D eigenvalue weighted by molar-refractivity contribution is -0.145. The number of halogens is 1. The van der Waals surface area contributed by atoms with Crippen molar-refractivity contribution in [3.8, 4) is 11.5 Å². The van der Waals surface area contributed by atoms with Crippen LogP contribution in [0.3, 0.4) is 0 Å². The molecule has 2 aromatic carbocycles. The molecule has 8 heteroatoms. The molecular weight excluding hydrogens is 350 g/mol. The zero-order valence-corrected chi connectivity index (χ0v) is 13.6. The molecule has 1 aliphatic rings. The number of ether oxygens (including phenoxy) is 3. The Bertz CT molecular complexity index is 1020. The van der Waals surface area contributed by atoms with Gasteiger partial charge in [0.25, 0.3) is 0 Å². The van der Waals surface area contributed by atoms with Crippen LogP contribution in [0.15, 0.2) is 45.6 Å². The molecule has 2 heterocycles. The smallest absolute Gasteiger partial charge is 0.420 e. The summed E-state index contributed by atoms with van der Waals surface area (Å²) in [6, 6.07) is 10.2. The van der Waals surface area contributed by atoms with E-state index in [1.165, 1.54) is 4.57 Å². The van der Waals surface area contributed by atoms with E-state index in [1.54, 1.807) is 36.4 Å². The number of nitrogens with zero attached hydrogens (tertiary/aromatic N) is 1. The minimum atomic E-state index is -0.607. The number of aromatic nitrogens is 1. The van der Waals surface area contributed by atoms with E-state index in [2.05, 4.69) is 0 Å². The number of para-hydroxylation sites is 2. The molecule has 0 aliphatic carbocycles. The minimum Gasteiger partial charge on any atom is -0.459 e. The third-order valence-corrected chi connectivity index (χ3v) is 4.03. The van der Waals surface area contributed by atoms with Crippen LogP contribution in [0.5, 0.6) is 11.5 Å². The molecule has 0 amide bonds. The monoisotopic (exact) mass is 361 g/mol. The molecule has 0 unspecified atom stereocenters. The number of esters is 1. The van der Waals surface area contributed by atoms with Crippen LogP contribution >= 0.6 is 11.6 Å². The first-order valence-corrected chi connectivity index (χ1v) is 7.81. The highest BCUT2D eigenvalue weighted by Gasteiger charge is 2.19. The highest BCUT2D eigenvalue weighted by atomic mass is 35.5. The van der Waals surface area contributed by atoms with Crippen molar-refractivity contribution in [2.24, 2.45) is 0 Å². The molecule has 25 heavy (non-hydrogen) atoms. The van der Waals surface area contributed by atoms with Crippen molar-refractivity contribution in [3.63, 3.8) is 0 Å². The molecule has 1 aromatic heterocycles. The summed E-state index contributed by atoms with van der Waals surface area (Å²) in [6.07, 6.45) is 0. The maximum absolute atomic E-state index is 12.1. The van der Waals surface area contributed by atoms with Crippen LogP contribution in [0.2, 0.25) is 5.02 Å². The van der Waals surface area contributed by atoms with Gasteiger partial charge in [-0.05, 0) is 29.8 Å². The molecule has 0 spiro atoms. The van der Waals surface area contributed by atoms with Crippen molar-refractivity contribution in [2.75, 3.05) is 6.79 Å². The maximum atomic E-state index is 12.1. The van der Waals surface area contributed by atoms with Gasteiger partial charge in [-0.15, -0.1) is 0 Å². The van der Waals surface area contributed by atoms with E-state index < -0.39 is 11.7 Å². The van der Waals surface area contributed by atoms with Crippen LogP contribution in [-0.2, 0) is 22.7 Å². The molecule has 0 fully saturated rings. The van der Waals surface area contributed by atoms with Gasteiger partial charge in [-0.1, -0.05) is 23.7 Å². The molecule has 0 bridgehead atoms. The normalized spacial score (nSPS) is 12.5. The average Bonchev–Trinajstić information content (AvgIpc) is 3.18. The van der Waals surface area contributed by atoms with E-state index in [4.69, 9.17) is 30.2 Å². The van der Waals surface area contributed by atoms with Gasteiger partial charge in [0.15, 0.2) is 17.1 Å². The molecule has 3 aromatic rings. The molecule has 0 saturated carbocycles. The molecule has 0 radical (unpaired) electrons. The Morgan fingerprint density at radius 2 is 2.08 bits per heavy atom. The third-order valence-electron chi connectivity index (χ3n) is 3.75. The van der Waals surface area contributed by atoms with Gasteiger partial charge in [0.1, 0.15) is 13.2 Å². The van der Waals surface area contributed by atoms with Crippen LogP contribution in [-0.4, -0.2) is 17.3 Å². The summed E-state index contributed by atoms with van der Waals surface area (Å²) in [6.45, 7) is -0.136. The second-order valence-corrected chi connectivity index (χ2v) is 5.80. The number of oxazole rings is 1.